The van der Waals surface area contributed by atoms with E-state index in [0.29, 0.717) is 19.3 Å². The van der Waals surface area contributed by atoms with Crippen LogP contribution < -0.4 is 16.0 Å². The highest BCUT2D eigenvalue weighted by Gasteiger charge is 2.66. The Bertz CT molecular complexity index is 692. The van der Waals surface area contributed by atoms with E-state index in [-0.39, 0.29) is 25.2 Å². The Morgan fingerprint density at radius 3 is 0.968 bits per heavy atom. The highest BCUT2D eigenvalue weighted by molar-refractivity contribution is 6.77. The lowest BCUT2D eigenvalue weighted by atomic mass is 9.47. The molecule has 176 valence electrons. The van der Waals surface area contributed by atoms with Crippen molar-refractivity contribution in [1.82, 2.24) is 16.0 Å². The number of hydrogen-bond acceptors (Lipinski definition) is 3. The Kier molecular flexibility index (Phi) is 7.13. The fraction of sp³-hybridized carbons (Fsp3) is 0.812. The molecule has 4 saturated carbocycles. The Morgan fingerprint density at radius 2 is 0.774 bits per heavy atom. The van der Waals surface area contributed by atoms with Gasteiger partial charge in [0.1, 0.15) is 0 Å². The van der Waals surface area contributed by atoms with Gasteiger partial charge in [-0.3, -0.25) is 14.4 Å². The van der Waals surface area contributed by atoms with E-state index < -0.39 is 45.7 Å². The second kappa shape index (κ2) is 8.30. The zero-order valence-electron chi connectivity index (χ0n) is 15.4. The SMILES string of the molecule is O=C(NC12CC3CC(NC(=O)C(Cl)(Cl)Cl)(C1)CC(NC(=O)C(Cl)(Cl)Cl)(C3)C2)C(Cl)(Cl)Cl. The fourth-order valence-corrected chi connectivity index (χ4v) is 6.22. The van der Waals surface area contributed by atoms with Crippen LogP contribution in [-0.2, 0) is 14.4 Å². The van der Waals surface area contributed by atoms with Crippen molar-refractivity contribution < 1.29 is 14.4 Å². The summed E-state index contributed by atoms with van der Waals surface area (Å²) in [5, 5.41) is 8.41. The number of carbonyl (C=O) groups is 3. The second-order valence-corrected chi connectivity index (χ2v) is 15.5. The number of alkyl halides is 9. The van der Waals surface area contributed by atoms with Crippen molar-refractivity contribution >= 4 is 122 Å². The molecule has 4 aliphatic carbocycles. The average molecular weight is 617 g/mol. The fourth-order valence-electron chi connectivity index (χ4n) is 5.79. The Balaban J connectivity index is 1.98. The summed E-state index contributed by atoms with van der Waals surface area (Å²) < 4.78 is -6.61. The van der Waals surface area contributed by atoms with E-state index in [4.69, 9.17) is 104 Å². The van der Waals surface area contributed by atoms with Gasteiger partial charge in [-0.2, -0.15) is 0 Å². The van der Waals surface area contributed by atoms with Crippen LogP contribution in [-0.4, -0.2) is 45.7 Å². The van der Waals surface area contributed by atoms with Crippen molar-refractivity contribution in [2.45, 2.75) is 66.5 Å². The van der Waals surface area contributed by atoms with E-state index in [9.17, 15) is 14.4 Å². The van der Waals surface area contributed by atoms with Crippen LogP contribution in [0.1, 0.15) is 38.5 Å². The van der Waals surface area contributed by atoms with Crippen LogP contribution in [0.3, 0.4) is 0 Å². The van der Waals surface area contributed by atoms with Crippen LogP contribution >= 0.6 is 104 Å². The molecule has 0 aromatic heterocycles. The molecule has 15 heteroatoms. The summed E-state index contributed by atoms with van der Waals surface area (Å²) >= 11 is 51.8. The van der Waals surface area contributed by atoms with Gasteiger partial charge in [0.15, 0.2) is 0 Å². The number of halogens is 9. The number of rotatable bonds is 3. The quantitative estimate of drug-likeness (QED) is 0.403. The molecular formula is C16H16Cl9N3O3. The molecule has 0 spiro atoms. The van der Waals surface area contributed by atoms with E-state index >= 15 is 0 Å². The Morgan fingerprint density at radius 1 is 0.548 bits per heavy atom. The van der Waals surface area contributed by atoms with Gasteiger partial charge in [-0.15, -0.1) is 0 Å². The van der Waals surface area contributed by atoms with Crippen LogP contribution in [0, 0.1) is 5.92 Å². The van der Waals surface area contributed by atoms with Gasteiger partial charge >= 0.3 is 0 Å². The molecule has 0 aliphatic heterocycles. The maximum atomic E-state index is 12.5. The highest BCUT2D eigenvalue weighted by atomic mass is 35.6. The first-order chi connectivity index (χ1) is 13.8. The van der Waals surface area contributed by atoms with Gasteiger partial charge in [0.2, 0.25) is 0 Å². The minimum absolute atomic E-state index is 0.0294. The van der Waals surface area contributed by atoms with Crippen molar-refractivity contribution in [1.29, 1.82) is 0 Å². The summed E-state index contributed by atoms with van der Waals surface area (Å²) in [5.41, 5.74) is -2.74. The van der Waals surface area contributed by atoms with Crippen molar-refractivity contribution in [3.63, 3.8) is 0 Å². The van der Waals surface area contributed by atoms with Crippen LogP contribution in [0.25, 0.3) is 0 Å². The molecule has 0 atom stereocenters. The molecule has 4 aliphatic rings. The van der Waals surface area contributed by atoms with Gasteiger partial charge in [-0.25, -0.2) is 0 Å². The van der Waals surface area contributed by atoms with Gasteiger partial charge in [-0.05, 0) is 44.4 Å². The van der Waals surface area contributed by atoms with Crippen LogP contribution in [0.15, 0.2) is 0 Å². The molecule has 31 heavy (non-hydrogen) atoms. The van der Waals surface area contributed by atoms with Gasteiger partial charge in [0.25, 0.3) is 29.1 Å². The molecule has 6 nitrogen and oxygen atoms in total. The first kappa shape index (κ1) is 26.6. The number of hydrogen-bond donors (Lipinski definition) is 3. The monoisotopic (exact) mass is 613 g/mol. The maximum absolute atomic E-state index is 12.5. The van der Waals surface area contributed by atoms with E-state index in [2.05, 4.69) is 16.0 Å². The van der Waals surface area contributed by atoms with Crippen LogP contribution in [0.4, 0.5) is 0 Å². The minimum atomic E-state index is -2.20. The third-order valence-electron chi connectivity index (χ3n) is 5.98. The Labute approximate surface area is 223 Å². The topological polar surface area (TPSA) is 87.3 Å². The predicted octanol–water partition coefficient (Wildman–Crippen LogP) is 4.66. The first-order valence-corrected chi connectivity index (χ1v) is 12.4. The molecule has 0 aromatic carbocycles. The highest BCUT2D eigenvalue weighted by Crippen LogP contribution is 2.60. The molecule has 3 N–H and O–H groups in total. The minimum Gasteiger partial charge on any atom is -0.347 e. The summed E-state index contributed by atoms with van der Waals surface area (Å²) in [6.45, 7) is 0. The van der Waals surface area contributed by atoms with E-state index in [1.807, 2.05) is 0 Å². The van der Waals surface area contributed by atoms with Gasteiger partial charge in [-0.1, -0.05) is 104 Å². The zero-order valence-corrected chi connectivity index (χ0v) is 22.2. The summed E-state index contributed by atoms with van der Waals surface area (Å²) in [7, 11) is 0. The average Bonchev–Trinajstić information content (AvgIpc) is 2.49. The summed E-state index contributed by atoms with van der Waals surface area (Å²) in [6.07, 6.45) is 2.45. The van der Waals surface area contributed by atoms with Crippen LogP contribution in [0.2, 0.25) is 0 Å². The lowest BCUT2D eigenvalue weighted by Gasteiger charge is -2.66. The third-order valence-corrected chi connectivity index (χ3v) is 7.52. The predicted molar refractivity (Wildman–Crippen MR) is 125 cm³/mol. The lowest BCUT2D eigenvalue weighted by molar-refractivity contribution is -0.138. The number of carbonyl (C=O) groups excluding carboxylic acids is 3. The maximum Gasteiger partial charge on any atom is 0.272 e. The zero-order chi connectivity index (χ0) is 23.7. The summed E-state index contributed by atoms with van der Waals surface area (Å²) in [5.74, 6) is -2.52. The lowest BCUT2D eigenvalue weighted by Crippen LogP contribution is -2.78. The summed E-state index contributed by atoms with van der Waals surface area (Å²) in [6, 6.07) is 0. The molecule has 4 rings (SSSR count). The Hall–Kier alpha value is 1.02. The molecule has 0 heterocycles. The molecule has 0 aromatic rings. The number of amides is 3. The van der Waals surface area contributed by atoms with E-state index in [1.165, 1.54) is 0 Å². The molecule has 3 amide bonds. The third kappa shape index (κ3) is 5.82. The van der Waals surface area contributed by atoms with Crippen molar-refractivity contribution in [2.75, 3.05) is 0 Å². The molecule has 4 fully saturated rings. The molecule has 4 bridgehead atoms. The van der Waals surface area contributed by atoms with Gasteiger partial charge in [0.05, 0.1) is 0 Å². The van der Waals surface area contributed by atoms with Crippen LogP contribution in [0.5, 0.6) is 0 Å². The smallest absolute Gasteiger partial charge is 0.272 e. The normalized spacial score (nSPS) is 34.9. The van der Waals surface area contributed by atoms with Crippen molar-refractivity contribution in [2.24, 2.45) is 5.92 Å². The van der Waals surface area contributed by atoms with Crippen molar-refractivity contribution in [3.05, 3.63) is 0 Å². The second-order valence-electron chi connectivity index (χ2n) is 8.71. The number of nitrogens with one attached hydrogen (secondary N) is 3. The largest absolute Gasteiger partial charge is 0.347 e. The molecular weight excluding hydrogens is 601 g/mol. The molecule has 0 unspecified atom stereocenters. The first-order valence-electron chi connectivity index (χ1n) is 8.97. The molecule has 0 radical (unpaired) electrons. The van der Waals surface area contributed by atoms with E-state index in [1.54, 1.807) is 0 Å². The van der Waals surface area contributed by atoms with Crippen molar-refractivity contribution in [3.8, 4) is 0 Å². The van der Waals surface area contributed by atoms with Gasteiger partial charge < -0.3 is 16.0 Å². The standard InChI is InChI=1S/C16H16Cl9N3O3/c17-14(18,19)8(29)26-11-1-7-2-12(4-11,27-9(30)15(20,21)22)6-13(3-7,5-11)28-10(31)16(23,24)25/h7H,1-6H2,(H,26,29)(H,27,30)(H,28,31). The van der Waals surface area contributed by atoms with E-state index in [0.717, 1.165) is 0 Å². The molecule has 0 saturated heterocycles. The summed E-state index contributed by atoms with van der Waals surface area (Å²) in [4.78, 5) is 37.5. The van der Waals surface area contributed by atoms with Gasteiger partial charge in [0, 0.05) is 16.6 Å².